The lowest BCUT2D eigenvalue weighted by Gasteiger charge is -2.04. The Morgan fingerprint density at radius 3 is 2.06 bits per heavy atom. The molecule has 2 rings (SSSR count). The standard InChI is InChI=1S/C17H16O/c1-12-10-14(3)16(11-13(12)2)7-4-15-5-8-17(18)9-6-15/h5-6,8-11,18H,1-3H3. The second-order valence-electron chi connectivity index (χ2n) is 4.55. The Balaban J connectivity index is 2.35. The van der Waals surface area contributed by atoms with Crippen LogP contribution in [-0.4, -0.2) is 5.11 Å². The summed E-state index contributed by atoms with van der Waals surface area (Å²) >= 11 is 0. The van der Waals surface area contributed by atoms with E-state index in [1.54, 1.807) is 12.1 Å². The van der Waals surface area contributed by atoms with Gasteiger partial charge in [-0.05, 0) is 67.8 Å². The number of rotatable bonds is 0. The summed E-state index contributed by atoms with van der Waals surface area (Å²) in [6.07, 6.45) is 0. The third kappa shape index (κ3) is 2.73. The SMILES string of the molecule is Cc1cc(C)c(C#Cc2ccc(O)cc2)cc1C. The summed E-state index contributed by atoms with van der Waals surface area (Å²) in [5.41, 5.74) is 5.72. The topological polar surface area (TPSA) is 20.2 Å². The Kier molecular flexibility index (Phi) is 3.39. The van der Waals surface area contributed by atoms with E-state index in [1.165, 1.54) is 16.7 Å². The van der Waals surface area contributed by atoms with Crippen molar-refractivity contribution in [2.24, 2.45) is 0 Å². The molecule has 2 aromatic rings. The number of hydrogen-bond acceptors (Lipinski definition) is 1. The number of phenolic OH excluding ortho intramolecular Hbond substituents is 1. The summed E-state index contributed by atoms with van der Waals surface area (Å²) in [5, 5.41) is 9.20. The van der Waals surface area contributed by atoms with Gasteiger partial charge in [0.1, 0.15) is 5.75 Å². The van der Waals surface area contributed by atoms with Gasteiger partial charge in [-0.1, -0.05) is 17.9 Å². The molecule has 0 radical (unpaired) electrons. The molecule has 2 aromatic carbocycles. The highest BCUT2D eigenvalue weighted by Gasteiger charge is 1.98. The fraction of sp³-hybridized carbons (Fsp3) is 0.176. The first-order valence-electron chi connectivity index (χ1n) is 5.95. The van der Waals surface area contributed by atoms with Gasteiger partial charge in [0.15, 0.2) is 0 Å². The van der Waals surface area contributed by atoms with Crippen molar-refractivity contribution in [1.82, 2.24) is 0 Å². The van der Waals surface area contributed by atoms with Crippen molar-refractivity contribution in [2.45, 2.75) is 20.8 Å². The molecule has 0 amide bonds. The molecule has 1 nitrogen and oxygen atoms in total. The van der Waals surface area contributed by atoms with Crippen molar-refractivity contribution < 1.29 is 5.11 Å². The second-order valence-corrected chi connectivity index (χ2v) is 4.55. The second kappa shape index (κ2) is 4.98. The largest absolute Gasteiger partial charge is 0.508 e. The number of phenols is 1. The normalized spacial score (nSPS) is 9.72. The van der Waals surface area contributed by atoms with E-state index in [9.17, 15) is 5.11 Å². The molecule has 0 saturated heterocycles. The summed E-state index contributed by atoms with van der Waals surface area (Å²) in [7, 11) is 0. The molecule has 0 aliphatic heterocycles. The smallest absolute Gasteiger partial charge is 0.115 e. The maximum atomic E-state index is 9.20. The Morgan fingerprint density at radius 1 is 0.778 bits per heavy atom. The van der Waals surface area contributed by atoms with Gasteiger partial charge in [0.2, 0.25) is 0 Å². The van der Waals surface area contributed by atoms with Crippen LogP contribution in [-0.2, 0) is 0 Å². The van der Waals surface area contributed by atoms with E-state index in [1.807, 2.05) is 12.1 Å². The van der Waals surface area contributed by atoms with Crippen molar-refractivity contribution >= 4 is 0 Å². The van der Waals surface area contributed by atoms with E-state index in [0.717, 1.165) is 11.1 Å². The van der Waals surface area contributed by atoms with E-state index in [0.29, 0.717) is 0 Å². The summed E-state index contributed by atoms with van der Waals surface area (Å²) in [6.45, 7) is 6.29. The van der Waals surface area contributed by atoms with Gasteiger partial charge >= 0.3 is 0 Å². The minimum absolute atomic E-state index is 0.267. The summed E-state index contributed by atoms with van der Waals surface area (Å²) < 4.78 is 0. The molecule has 18 heavy (non-hydrogen) atoms. The first-order valence-corrected chi connectivity index (χ1v) is 5.95. The van der Waals surface area contributed by atoms with Gasteiger partial charge in [0.05, 0.1) is 0 Å². The zero-order valence-electron chi connectivity index (χ0n) is 10.9. The Hall–Kier alpha value is -2.20. The lowest BCUT2D eigenvalue weighted by Crippen LogP contribution is -1.88. The van der Waals surface area contributed by atoms with E-state index in [4.69, 9.17) is 0 Å². The highest BCUT2D eigenvalue weighted by molar-refractivity contribution is 5.49. The van der Waals surface area contributed by atoms with Crippen LogP contribution in [0.2, 0.25) is 0 Å². The predicted molar refractivity (Wildman–Crippen MR) is 74.7 cm³/mol. The minimum Gasteiger partial charge on any atom is -0.508 e. The van der Waals surface area contributed by atoms with Crippen molar-refractivity contribution in [3.63, 3.8) is 0 Å². The van der Waals surface area contributed by atoms with Crippen LogP contribution in [0.15, 0.2) is 36.4 Å². The van der Waals surface area contributed by atoms with E-state index in [-0.39, 0.29) is 5.75 Å². The molecule has 0 heterocycles. The third-order valence-electron chi connectivity index (χ3n) is 3.05. The summed E-state index contributed by atoms with van der Waals surface area (Å²) in [6, 6.07) is 11.2. The Bertz CT molecular complexity index is 625. The maximum absolute atomic E-state index is 9.20. The summed E-state index contributed by atoms with van der Waals surface area (Å²) in [5.74, 6) is 6.57. The lowest BCUT2D eigenvalue weighted by molar-refractivity contribution is 0.475. The number of hydrogen-bond donors (Lipinski definition) is 1. The molecule has 0 aliphatic carbocycles. The van der Waals surface area contributed by atoms with Crippen LogP contribution in [0.5, 0.6) is 5.75 Å². The molecule has 0 aliphatic rings. The first kappa shape index (κ1) is 12.3. The molecule has 0 atom stereocenters. The summed E-state index contributed by atoms with van der Waals surface area (Å²) in [4.78, 5) is 0. The lowest BCUT2D eigenvalue weighted by atomic mass is 10.0. The molecule has 90 valence electrons. The first-order chi connectivity index (χ1) is 8.56. The van der Waals surface area contributed by atoms with Crippen LogP contribution in [0.1, 0.15) is 27.8 Å². The van der Waals surface area contributed by atoms with Crippen molar-refractivity contribution in [3.05, 3.63) is 64.2 Å². The molecular weight excluding hydrogens is 220 g/mol. The maximum Gasteiger partial charge on any atom is 0.115 e. The molecule has 0 spiro atoms. The van der Waals surface area contributed by atoms with Gasteiger partial charge in [-0.15, -0.1) is 0 Å². The van der Waals surface area contributed by atoms with Gasteiger partial charge in [-0.2, -0.15) is 0 Å². The molecular formula is C17H16O. The highest BCUT2D eigenvalue weighted by atomic mass is 16.3. The van der Waals surface area contributed by atoms with Gasteiger partial charge in [-0.3, -0.25) is 0 Å². The van der Waals surface area contributed by atoms with Gasteiger partial charge in [0.25, 0.3) is 0 Å². The monoisotopic (exact) mass is 236 g/mol. The van der Waals surface area contributed by atoms with Gasteiger partial charge in [-0.25, -0.2) is 0 Å². The molecule has 0 fully saturated rings. The van der Waals surface area contributed by atoms with Gasteiger partial charge in [0, 0.05) is 11.1 Å². The van der Waals surface area contributed by atoms with Crippen LogP contribution in [0, 0.1) is 32.6 Å². The van der Waals surface area contributed by atoms with Crippen molar-refractivity contribution in [3.8, 4) is 17.6 Å². The molecule has 0 unspecified atom stereocenters. The number of benzene rings is 2. The minimum atomic E-state index is 0.267. The third-order valence-corrected chi connectivity index (χ3v) is 3.05. The van der Waals surface area contributed by atoms with Crippen LogP contribution in [0.3, 0.4) is 0 Å². The fourth-order valence-corrected chi connectivity index (χ4v) is 1.78. The van der Waals surface area contributed by atoms with Gasteiger partial charge < -0.3 is 5.11 Å². The zero-order chi connectivity index (χ0) is 13.1. The van der Waals surface area contributed by atoms with E-state index < -0.39 is 0 Å². The average Bonchev–Trinajstić information content (AvgIpc) is 2.34. The van der Waals surface area contributed by atoms with Crippen molar-refractivity contribution in [2.75, 3.05) is 0 Å². The molecule has 1 N–H and O–H groups in total. The van der Waals surface area contributed by atoms with Crippen LogP contribution in [0.4, 0.5) is 0 Å². The Labute approximate surface area is 108 Å². The molecule has 1 heteroatoms. The number of aryl methyl sites for hydroxylation is 3. The van der Waals surface area contributed by atoms with E-state index >= 15 is 0 Å². The predicted octanol–water partition coefficient (Wildman–Crippen LogP) is 3.72. The Morgan fingerprint density at radius 2 is 1.39 bits per heavy atom. The fourth-order valence-electron chi connectivity index (χ4n) is 1.78. The van der Waals surface area contributed by atoms with Crippen LogP contribution in [0.25, 0.3) is 0 Å². The average molecular weight is 236 g/mol. The van der Waals surface area contributed by atoms with Crippen molar-refractivity contribution in [1.29, 1.82) is 0 Å². The van der Waals surface area contributed by atoms with E-state index in [2.05, 4.69) is 44.7 Å². The number of aromatic hydroxyl groups is 1. The van der Waals surface area contributed by atoms with Crippen LogP contribution < -0.4 is 0 Å². The molecule has 0 aromatic heterocycles. The highest BCUT2D eigenvalue weighted by Crippen LogP contribution is 2.14. The molecule has 0 bridgehead atoms. The van der Waals surface area contributed by atoms with Crippen LogP contribution >= 0.6 is 0 Å². The zero-order valence-corrected chi connectivity index (χ0v) is 10.9. The molecule has 0 saturated carbocycles. The quantitative estimate of drug-likeness (QED) is 0.691.